The molecule has 0 spiro atoms. The normalized spacial score (nSPS) is 14.9. The van der Waals surface area contributed by atoms with E-state index in [-0.39, 0.29) is 0 Å². The molecule has 0 N–H and O–H groups in total. The van der Waals surface area contributed by atoms with Crippen LogP contribution in [0.1, 0.15) is 156 Å². The van der Waals surface area contributed by atoms with Gasteiger partial charge in [-0.25, -0.2) is 39.9 Å². The van der Waals surface area contributed by atoms with Crippen molar-refractivity contribution in [3.05, 3.63) is 178 Å². The molecular weight excluding hydrogens is 1070 g/mol. The third-order valence-electron chi connectivity index (χ3n) is 23.5. The molecule has 13 nitrogen and oxygen atoms in total. The Morgan fingerprint density at radius 3 is 0.644 bits per heavy atom. The van der Waals surface area contributed by atoms with Crippen molar-refractivity contribution in [3.8, 4) is 0 Å². The Morgan fingerprint density at radius 2 is 0.391 bits per heavy atom. The third kappa shape index (κ3) is 6.16. The highest BCUT2D eigenvalue weighted by atomic mass is 16.4. The summed E-state index contributed by atoms with van der Waals surface area (Å²) in [6.07, 6.45) is 0. The number of benzene rings is 6. The molecule has 15 heteroatoms. The van der Waals surface area contributed by atoms with Gasteiger partial charge in [0.2, 0.25) is 0 Å². The molecule has 0 saturated heterocycles. The molecule has 0 unspecified atom stereocenters. The van der Waals surface area contributed by atoms with E-state index in [2.05, 4.69) is 184 Å². The van der Waals surface area contributed by atoms with Crippen LogP contribution in [-0.4, -0.2) is 55.6 Å². The molecule has 8 bridgehead atoms. The maximum Gasteiger partial charge on any atom is 0.550 e. The van der Waals surface area contributed by atoms with Crippen molar-refractivity contribution in [1.82, 2.24) is 17.9 Å². The van der Waals surface area contributed by atoms with E-state index < -0.39 is 14.4 Å². The summed E-state index contributed by atoms with van der Waals surface area (Å²) < 4.78 is 17.9. The molecule has 0 atom stereocenters. The summed E-state index contributed by atoms with van der Waals surface area (Å²) in [4.78, 5) is 47.1. The SMILES string of the molecule is Cc1c(C)c(C)c2c(c1C)C1=NC2=Nc2c3c(C)c(C)c(C)c(C)c3c3n2B(OB2n4c5c6c(C)c(C)c(C)c(C)c6c4N=c4c6c(C)c(C)c(C)c(C)c6c(n42)=NC2=NC(=N5)c4c(C)c(C)c(C)c(C)c42)n2c(c4c(C)c(C)c(C)c(C)c4c2=N3)=N1. The maximum absolute atomic E-state index is 8.73. The zero-order valence-electron chi connectivity index (χ0n) is 54.9. The predicted molar refractivity (Wildman–Crippen MR) is 358 cm³/mol. The molecule has 16 rings (SSSR count). The molecule has 6 aliphatic heterocycles. The Morgan fingerprint density at radius 1 is 0.195 bits per heavy atom. The lowest BCUT2D eigenvalue weighted by molar-refractivity contribution is 0.507. The smallest absolute Gasteiger partial charge is 0.422 e. The van der Waals surface area contributed by atoms with Gasteiger partial charge in [-0.1, -0.05) is 0 Å². The molecule has 0 saturated carbocycles. The minimum absolute atomic E-state index is 0.634. The molecule has 0 aliphatic carbocycles. The van der Waals surface area contributed by atoms with E-state index in [9.17, 15) is 0 Å². The van der Waals surface area contributed by atoms with E-state index in [0.717, 1.165) is 177 Å². The van der Waals surface area contributed by atoms with Crippen molar-refractivity contribution < 1.29 is 4.57 Å². The zero-order chi connectivity index (χ0) is 61.5. The second kappa shape index (κ2) is 17.2. The number of aryl methyl sites for hydroxylation is 8. The number of aromatic nitrogens is 4. The number of fused-ring (bicyclic) bond motifs is 20. The standard InChI is InChI=1S/C72H72B2N12O/c1-25-26(2)38(14)50-49(37(25)13)61-75-62(50)78-66-54-42(18)30(6)34(10)46(22)58(54)70-81-69-57-45(21)33(9)29(5)41(17)53(57)65(77-61)83(69)73(84(66)70)87-74-85-67-55-43(19)31(7)35(11)47(23)59(55)71(85)82-72-60-48(24)36(12)32(8)44(20)56(60)68(86(72)74)80-64-52-40(16)28(4)27(3)39(15)51(52)63(76-64)79-67/h1-24H3. The van der Waals surface area contributed by atoms with Crippen LogP contribution in [-0.2, 0) is 4.57 Å². The fraction of sp³-hybridized carbons (Fsp3) is 0.333. The molecule has 10 heterocycles. The number of rotatable bonds is 2. The van der Waals surface area contributed by atoms with Crippen LogP contribution in [0.3, 0.4) is 0 Å². The van der Waals surface area contributed by atoms with Gasteiger partial charge in [-0.2, -0.15) is 0 Å². The summed E-state index contributed by atoms with van der Waals surface area (Å²) >= 11 is 0. The highest BCUT2D eigenvalue weighted by Crippen LogP contribution is 2.50. The van der Waals surface area contributed by atoms with E-state index in [1.807, 2.05) is 0 Å². The van der Waals surface area contributed by atoms with Crippen molar-refractivity contribution in [1.29, 1.82) is 0 Å². The lowest BCUT2D eigenvalue weighted by Crippen LogP contribution is -2.59. The van der Waals surface area contributed by atoms with Gasteiger partial charge in [-0.05, 0) is 300 Å². The van der Waals surface area contributed by atoms with Gasteiger partial charge in [-0.15, -0.1) is 0 Å². The first-order chi connectivity index (χ1) is 41.2. The Hall–Kier alpha value is -8.55. The second-order valence-corrected chi connectivity index (χ2v) is 26.5. The lowest BCUT2D eigenvalue weighted by atomic mass is 9.88. The topological polar surface area (TPSA) is 128 Å². The van der Waals surface area contributed by atoms with E-state index in [1.54, 1.807) is 0 Å². The fourth-order valence-corrected chi connectivity index (χ4v) is 16.2. The van der Waals surface area contributed by atoms with Crippen LogP contribution < -0.4 is 22.0 Å². The third-order valence-corrected chi connectivity index (χ3v) is 23.5. The van der Waals surface area contributed by atoms with Gasteiger partial charge in [0.05, 0.1) is 0 Å². The molecule has 6 aromatic carbocycles. The first-order valence-electron chi connectivity index (χ1n) is 30.9. The predicted octanol–water partition coefficient (Wildman–Crippen LogP) is 13.9. The Bertz CT molecular complexity index is 5300. The van der Waals surface area contributed by atoms with Gasteiger partial charge >= 0.3 is 14.4 Å². The molecule has 0 radical (unpaired) electrons. The Labute approximate surface area is 507 Å². The monoisotopic (exact) mass is 1140 g/mol. The van der Waals surface area contributed by atoms with Gasteiger partial charge in [0.25, 0.3) is 0 Å². The summed E-state index contributed by atoms with van der Waals surface area (Å²) in [5, 5.41) is 8.30. The van der Waals surface area contributed by atoms with Crippen molar-refractivity contribution in [3.63, 3.8) is 0 Å². The van der Waals surface area contributed by atoms with Gasteiger partial charge < -0.3 is 22.5 Å². The van der Waals surface area contributed by atoms with Crippen LogP contribution in [0.25, 0.3) is 43.1 Å². The van der Waals surface area contributed by atoms with E-state index in [1.165, 1.54) is 66.8 Å². The van der Waals surface area contributed by atoms with Gasteiger partial charge in [0, 0.05) is 65.3 Å². The lowest BCUT2D eigenvalue weighted by Gasteiger charge is -2.29. The van der Waals surface area contributed by atoms with E-state index >= 15 is 0 Å². The summed E-state index contributed by atoms with van der Waals surface area (Å²) in [6.45, 7) is 53.7. The van der Waals surface area contributed by atoms with Crippen LogP contribution in [0.5, 0.6) is 0 Å². The molecule has 10 aromatic rings. The Kier molecular flexibility index (Phi) is 10.6. The quantitative estimate of drug-likeness (QED) is 0.157. The van der Waals surface area contributed by atoms with Crippen LogP contribution in [0.2, 0.25) is 0 Å². The fourth-order valence-electron chi connectivity index (χ4n) is 16.2. The number of aliphatic imine (C=N–C) groups is 4. The summed E-state index contributed by atoms with van der Waals surface area (Å²) in [7, 11) is -1.96. The first kappa shape index (κ1) is 53.9. The van der Waals surface area contributed by atoms with Crippen molar-refractivity contribution in [2.24, 2.45) is 39.9 Å². The van der Waals surface area contributed by atoms with Crippen LogP contribution in [0, 0.1) is 166 Å². The first-order valence-corrected chi connectivity index (χ1v) is 30.9. The molecule has 87 heavy (non-hydrogen) atoms. The number of nitrogens with zero attached hydrogens (tertiary/aromatic N) is 12. The average Bonchev–Trinajstić information content (AvgIpc) is 1.53. The molecular formula is C72H72B2N12O. The number of amidine groups is 4. The largest absolute Gasteiger partial charge is 0.550 e. The minimum Gasteiger partial charge on any atom is -0.422 e. The van der Waals surface area contributed by atoms with Crippen LogP contribution in [0.15, 0.2) is 39.9 Å². The van der Waals surface area contributed by atoms with Crippen molar-refractivity contribution >= 4 is 104 Å². The maximum atomic E-state index is 8.73. The minimum atomic E-state index is -0.982. The van der Waals surface area contributed by atoms with Gasteiger partial charge in [0.15, 0.2) is 23.3 Å². The highest BCUT2D eigenvalue weighted by molar-refractivity contribution is 6.65. The van der Waals surface area contributed by atoms with Crippen molar-refractivity contribution in [2.45, 2.75) is 166 Å². The van der Waals surface area contributed by atoms with Crippen LogP contribution >= 0.6 is 0 Å². The molecule has 4 aromatic heterocycles. The Balaban J connectivity index is 1.16. The van der Waals surface area contributed by atoms with Gasteiger partial charge in [0.1, 0.15) is 45.2 Å². The second-order valence-electron chi connectivity index (χ2n) is 26.5. The number of hydrogen-bond acceptors (Lipinski definition) is 9. The van der Waals surface area contributed by atoms with E-state index in [4.69, 9.17) is 44.5 Å². The summed E-state index contributed by atoms with van der Waals surface area (Å²) in [5.74, 6) is 5.55. The molecule has 0 fully saturated rings. The van der Waals surface area contributed by atoms with Crippen LogP contribution in [0.4, 0.5) is 23.3 Å². The molecule has 0 amide bonds. The van der Waals surface area contributed by atoms with Gasteiger partial charge in [-0.3, -0.25) is 0 Å². The zero-order valence-corrected chi connectivity index (χ0v) is 54.9. The molecule has 6 aliphatic rings. The van der Waals surface area contributed by atoms with E-state index in [0.29, 0.717) is 23.3 Å². The number of hydrogen-bond donors (Lipinski definition) is 0. The summed E-state index contributed by atoms with van der Waals surface area (Å²) in [6, 6.07) is 0. The molecule has 432 valence electrons. The average molecular weight is 1140 g/mol. The van der Waals surface area contributed by atoms with Crippen molar-refractivity contribution in [2.75, 3.05) is 0 Å². The highest BCUT2D eigenvalue weighted by Gasteiger charge is 2.48. The summed E-state index contributed by atoms with van der Waals surface area (Å²) in [5.41, 5.74) is 35.5.